The van der Waals surface area contributed by atoms with E-state index >= 15 is 0 Å². The van der Waals surface area contributed by atoms with Crippen molar-refractivity contribution in [3.8, 4) is 0 Å². The highest BCUT2D eigenvalue weighted by molar-refractivity contribution is 7.76. The van der Waals surface area contributed by atoms with E-state index in [1.54, 1.807) is 26.7 Å². The largest absolute Gasteiger partial charge is 0.319 e. The van der Waals surface area contributed by atoms with E-state index in [9.17, 15) is 9.13 Å². The molecule has 0 heterocycles. The lowest BCUT2D eigenvalue weighted by Crippen LogP contribution is -2.23. The normalized spacial score (nSPS) is 12.9. The second-order valence-electron chi connectivity index (χ2n) is 4.19. The minimum Gasteiger partial charge on any atom is -0.319 e. The first kappa shape index (κ1) is 11.8. The van der Waals surface area contributed by atoms with Crippen LogP contribution in [0.5, 0.6) is 0 Å². The summed E-state index contributed by atoms with van der Waals surface area (Å²) >= 11 is 0. The Bertz CT molecular complexity index is 385. The van der Waals surface area contributed by atoms with E-state index in [-0.39, 0.29) is 0 Å². The minimum absolute atomic E-state index is 0.758. The topological polar surface area (TPSA) is 34.1 Å². The van der Waals surface area contributed by atoms with Crippen LogP contribution in [0.4, 0.5) is 0 Å². The first-order valence-corrected chi connectivity index (χ1v) is 9.63. The van der Waals surface area contributed by atoms with E-state index in [1.807, 2.05) is 24.3 Å². The van der Waals surface area contributed by atoms with E-state index < -0.39 is 14.3 Å². The Hall–Kier alpha value is -0.320. The van der Waals surface area contributed by atoms with Crippen molar-refractivity contribution in [1.29, 1.82) is 0 Å². The van der Waals surface area contributed by atoms with Gasteiger partial charge in [0, 0.05) is 10.6 Å². The number of hydrogen-bond donors (Lipinski definition) is 0. The van der Waals surface area contributed by atoms with E-state index in [1.165, 1.54) is 0 Å². The van der Waals surface area contributed by atoms with Gasteiger partial charge in [-0.05, 0) is 26.7 Å². The Balaban J connectivity index is 3.47. The van der Waals surface area contributed by atoms with Crippen LogP contribution in [-0.2, 0) is 9.13 Å². The Morgan fingerprint density at radius 2 is 1.07 bits per heavy atom. The maximum Gasteiger partial charge on any atom is 0.110 e. The zero-order valence-corrected chi connectivity index (χ0v) is 10.8. The first-order valence-electron chi connectivity index (χ1n) is 4.43. The summed E-state index contributed by atoms with van der Waals surface area (Å²) in [5.74, 6) is 0. The summed E-state index contributed by atoms with van der Waals surface area (Å²) in [7, 11) is -4.65. The van der Waals surface area contributed by atoms with Gasteiger partial charge in [0.15, 0.2) is 0 Å². The van der Waals surface area contributed by atoms with Crippen LogP contribution >= 0.6 is 14.3 Å². The lowest BCUT2D eigenvalue weighted by molar-refractivity contribution is 0.586. The molecular formula is C10H16O2P2. The van der Waals surface area contributed by atoms with Crippen LogP contribution in [0, 0.1) is 0 Å². The van der Waals surface area contributed by atoms with Crippen molar-refractivity contribution in [3.05, 3.63) is 24.3 Å². The van der Waals surface area contributed by atoms with Crippen LogP contribution in [0.2, 0.25) is 0 Å². The third-order valence-corrected chi connectivity index (χ3v) is 5.32. The van der Waals surface area contributed by atoms with Crippen molar-refractivity contribution >= 4 is 24.9 Å². The molecule has 0 radical (unpaired) electrons. The molecular weight excluding hydrogens is 214 g/mol. The number of benzene rings is 1. The summed E-state index contributed by atoms with van der Waals surface area (Å²) in [6.45, 7) is 6.84. The predicted octanol–water partition coefficient (Wildman–Crippen LogP) is 2.18. The molecule has 1 aromatic rings. The standard InChI is InChI=1S/C10H16O2P2/c1-13(2,11)9-7-5-6-8-10(9)14(3,4)12/h5-8H,1-4H3. The van der Waals surface area contributed by atoms with Gasteiger partial charge in [0.1, 0.15) is 14.3 Å². The van der Waals surface area contributed by atoms with Crippen molar-refractivity contribution in [2.24, 2.45) is 0 Å². The van der Waals surface area contributed by atoms with Gasteiger partial charge in [0.2, 0.25) is 0 Å². The smallest absolute Gasteiger partial charge is 0.110 e. The van der Waals surface area contributed by atoms with Crippen LogP contribution in [0.1, 0.15) is 0 Å². The average Bonchev–Trinajstić information content (AvgIpc) is 2.01. The Labute approximate surface area is 85.5 Å². The Morgan fingerprint density at radius 1 is 0.786 bits per heavy atom. The third-order valence-electron chi connectivity index (χ3n) is 2.04. The van der Waals surface area contributed by atoms with Gasteiger partial charge in [-0.15, -0.1) is 0 Å². The molecule has 78 valence electrons. The maximum absolute atomic E-state index is 12.0. The highest BCUT2D eigenvalue weighted by atomic mass is 31.2. The Kier molecular flexibility index (Phi) is 3.09. The molecule has 0 aromatic heterocycles. The molecule has 1 aromatic carbocycles. The number of rotatable bonds is 2. The lowest BCUT2D eigenvalue weighted by Gasteiger charge is -2.15. The highest BCUT2D eigenvalue weighted by Crippen LogP contribution is 2.41. The fraction of sp³-hybridized carbons (Fsp3) is 0.400. The van der Waals surface area contributed by atoms with E-state index in [0.717, 1.165) is 10.6 Å². The highest BCUT2D eigenvalue weighted by Gasteiger charge is 2.22. The van der Waals surface area contributed by atoms with Crippen LogP contribution < -0.4 is 10.6 Å². The van der Waals surface area contributed by atoms with Crippen LogP contribution in [-0.4, -0.2) is 26.7 Å². The molecule has 0 saturated heterocycles. The summed E-state index contributed by atoms with van der Waals surface area (Å²) in [6, 6.07) is 7.31. The molecule has 0 unspecified atom stereocenters. The minimum atomic E-state index is -2.32. The van der Waals surface area contributed by atoms with Gasteiger partial charge < -0.3 is 9.13 Å². The van der Waals surface area contributed by atoms with Crippen molar-refractivity contribution in [2.75, 3.05) is 26.7 Å². The zero-order chi connectivity index (χ0) is 11.0. The fourth-order valence-electron chi connectivity index (χ4n) is 1.37. The van der Waals surface area contributed by atoms with Crippen LogP contribution in [0.3, 0.4) is 0 Å². The fourth-order valence-corrected chi connectivity index (χ4v) is 4.96. The third kappa shape index (κ3) is 2.59. The molecule has 4 heteroatoms. The van der Waals surface area contributed by atoms with Crippen molar-refractivity contribution in [1.82, 2.24) is 0 Å². The van der Waals surface area contributed by atoms with E-state index in [2.05, 4.69) is 0 Å². The molecule has 0 atom stereocenters. The zero-order valence-electron chi connectivity index (χ0n) is 9.02. The summed E-state index contributed by atoms with van der Waals surface area (Å²) in [5.41, 5.74) is 0. The quantitative estimate of drug-likeness (QED) is 0.730. The molecule has 0 aliphatic carbocycles. The molecule has 0 saturated carbocycles. The molecule has 0 aliphatic heterocycles. The monoisotopic (exact) mass is 230 g/mol. The van der Waals surface area contributed by atoms with Gasteiger partial charge in [0.05, 0.1) is 0 Å². The van der Waals surface area contributed by atoms with Gasteiger partial charge in [-0.1, -0.05) is 24.3 Å². The number of hydrogen-bond acceptors (Lipinski definition) is 2. The molecule has 0 bridgehead atoms. The molecule has 0 spiro atoms. The van der Waals surface area contributed by atoms with Crippen molar-refractivity contribution in [3.63, 3.8) is 0 Å². The molecule has 1 rings (SSSR count). The molecule has 2 nitrogen and oxygen atoms in total. The second-order valence-corrected chi connectivity index (χ2v) is 10.6. The van der Waals surface area contributed by atoms with Crippen LogP contribution in [0.25, 0.3) is 0 Å². The first-order chi connectivity index (χ1) is 6.23. The maximum atomic E-state index is 12.0. The predicted molar refractivity (Wildman–Crippen MR) is 64.6 cm³/mol. The molecule has 0 N–H and O–H groups in total. The van der Waals surface area contributed by atoms with Gasteiger partial charge in [-0.25, -0.2) is 0 Å². The summed E-state index contributed by atoms with van der Waals surface area (Å²) in [6.07, 6.45) is 0. The molecule has 0 aliphatic rings. The molecule has 14 heavy (non-hydrogen) atoms. The summed E-state index contributed by atoms with van der Waals surface area (Å²) < 4.78 is 23.9. The van der Waals surface area contributed by atoms with Gasteiger partial charge in [-0.2, -0.15) is 0 Å². The van der Waals surface area contributed by atoms with Crippen molar-refractivity contribution in [2.45, 2.75) is 0 Å². The van der Waals surface area contributed by atoms with Gasteiger partial charge >= 0.3 is 0 Å². The summed E-state index contributed by atoms with van der Waals surface area (Å²) in [4.78, 5) is 0. The second kappa shape index (κ2) is 3.68. The van der Waals surface area contributed by atoms with Crippen LogP contribution in [0.15, 0.2) is 24.3 Å². The Morgan fingerprint density at radius 3 is 1.29 bits per heavy atom. The molecule has 0 fully saturated rings. The van der Waals surface area contributed by atoms with Gasteiger partial charge in [-0.3, -0.25) is 0 Å². The van der Waals surface area contributed by atoms with E-state index in [4.69, 9.17) is 0 Å². The lowest BCUT2D eigenvalue weighted by atomic mass is 10.4. The SMILES string of the molecule is CP(C)(=O)c1ccccc1P(C)(C)=O. The summed E-state index contributed by atoms with van der Waals surface area (Å²) in [5, 5.41) is 1.52. The average molecular weight is 230 g/mol. The molecule has 0 amide bonds. The van der Waals surface area contributed by atoms with Gasteiger partial charge in [0.25, 0.3) is 0 Å². The van der Waals surface area contributed by atoms with E-state index in [0.29, 0.717) is 0 Å². The van der Waals surface area contributed by atoms with Crippen molar-refractivity contribution < 1.29 is 9.13 Å².